The van der Waals surface area contributed by atoms with Crippen molar-refractivity contribution in [3.8, 4) is 17.6 Å². The van der Waals surface area contributed by atoms with Gasteiger partial charge in [-0.15, -0.1) is 0 Å². The molecule has 0 atom stereocenters. The van der Waals surface area contributed by atoms with Gasteiger partial charge in [0.1, 0.15) is 22.5 Å². The maximum atomic E-state index is 12.6. The molecule has 0 spiro atoms. The van der Waals surface area contributed by atoms with Crippen molar-refractivity contribution < 1.29 is 17.9 Å². The third kappa shape index (κ3) is 4.70. The van der Waals surface area contributed by atoms with Gasteiger partial charge in [0.15, 0.2) is 9.84 Å². The van der Waals surface area contributed by atoms with E-state index in [0.717, 1.165) is 0 Å². The maximum absolute atomic E-state index is 12.6. The van der Waals surface area contributed by atoms with E-state index in [4.69, 9.17) is 32.7 Å². The van der Waals surface area contributed by atoms with Crippen LogP contribution < -0.4 is 9.47 Å². The van der Waals surface area contributed by atoms with E-state index in [1.54, 1.807) is 30.3 Å². The van der Waals surface area contributed by atoms with E-state index in [1.807, 2.05) is 0 Å². The highest BCUT2D eigenvalue weighted by molar-refractivity contribution is 7.95. The summed E-state index contributed by atoms with van der Waals surface area (Å²) in [5.41, 5.74) is 0.801. The van der Waals surface area contributed by atoms with E-state index in [-0.39, 0.29) is 5.02 Å². The number of hydrogen-bond donors (Lipinski definition) is 0. The average molecular weight is 412 g/mol. The molecule has 0 bridgehead atoms. The zero-order chi connectivity index (χ0) is 19.3. The first-order chi connectivity index (χ1) is 12.3. The number of allylic oxidation sites excluding steroid dienone is 1. The third-order valence-corrected chi connectivity index (χ3v) is 5.69. The van der Waals surface area contributed by atoms with Gasteiger partial charge in [-0.25, -0.2) is 8.42 Å². The lowest BCUT2D eigenvalue weighted by atomic mass is 10.2. The molecule has 26 heavy (non-hydrogen) atoms. The Morgan fingerprint density at radius 3 is 2.46 bits per heavy atom. The van der Waals surface area contributed by atoms with Crippen molar-refractivity contribution in [2.45, 2.75) is 5.75 Å². The molecular weight excluding hydrogens is 397 g/mol. The Morgan fingerprint density at radius 1 is 1.15 bits per heavy atom. The second-order valence-electron chi connectivity index (χ2n) is 5.22. The van der Waals surface area contributed by atoms with E-state index in [0.29, 0.717) is 27.6 Å². The number of nitrogens with zero attached hydrogens (tertiary/aromatic N) is 1. The Kier molecular flexibility index (Phi) is 6.54. The highest BCUT2D eigenvalue weighted by Crippen LogP contribution is 2.29. The van der Waals surface area contributed by atoms with Gasteiger partial charge in [0.2, 0.25) is 0 Å². The molecule has 0 heterocycles. The normalized spacial score (nSPS) is 11.7. The molecule has 5 nitrogen and oxygen atoms in total. The van der Waals surface area contributed by atoms with Gasteiger partial charge in [0.25, 0.3) is 0 Å². The van der Waals surface area contributed by atoms with Gasteiger partial charge in [-0.3, -0.25) is 0 Å². The van der Waals surface area contributed by atoms with Crippen LogP contribution in [-0.2, 0) is 15.6 Å². The SMILES string of the molecule is COc1ccc(C=C(C#N)S(=O)(=O)Cc2ccc(Cl)cc2Cl)c(OC)c1. The maximum Gasteiger partial charge on any atom is 0.192 e. The number of sulfone groups is 1. The van der Waals surface area contributed by atoms with Gasteiger partial charge >= 0.3 is 0 Å². The summed E-state index contributed by atoms with van der Waals surface area (Å²) in [6.07, 6.45) is 1.26. The lowest BCUT2D eigenvalue weighted by Crippen LogP contribution is -2.07. The monoisotopic (exact) mass is 411 g/mol. The molecule has 8 heteroatoms. The first-order valence-electron chi connectivity index (χ1n) is 7.31. The fourth-order valence-corrected chi connectivity index (χ4v) is 4.01. The second kappa shape index (κ2) is 8.45. The second-order valence-corrected chi connectivity index (χ2v) is 8.02. The third-order valence-electron chi connectivity index (χ3n) is 3.53. The van der Waals surface area contributed by atoms with Crippen LogP contribution in [0, 0.1) is 11.3 Å². The smallest absolute Gasteiger partial charge is 0.192 e. The molecule has 2 aromatic rings. The Hall–Kier alpha value is -2.20. The standard InChI is InChI=1S/C18H15Cl2NO4S/c1-24-15-6-4-12(18(9-15)25-2)7-16(10-21)26(22,23)11-13-3-5-14(19)8-17(13)20/h3-9H,11H2,1-2H3. The van der Waals surface area contributed by atoms with Crippen LogP contribution in [-0.4, -0.2) is 22.6 Å². The first-order valence-corrected chi connectivity index (χ1v) is 9.72. The lowest BCUT2D eigenvalue weighted by molar-refractivity contribution is 0.394. The lowest BCUT2D eigenvalue weighted by Gasteiger charge is -2.09. The molecule has 0 aliphatic rings. The van der Waals surface area contributed by atoms with Crippen molar-refractivity contribution >= 4 is 39.1 Å². The number of rotatable bonds is 6. The van der Waals surface area contributed by atoms with E-state index in [1.165, 1.54) is 32.4 Å². The van der Waals surface area contributed by atoms with Gasteiger partial charge in [-0.05, 0) is 35.9 Å². The van der Waals surface area contributed by atoms with Crippen molar-refractivity contribution in [3.05, 3.63) is 62.5 Å². The number of halogens is 2. The molecule has 0 saturated carbocycles. The number of benzene rings is 2. The largest absolute Gasteiger partial charge is 0.497 e. The van der Waals surface area contributed by atoms with E-state index >= 15 is 0 Å². The van der Waals surface area contributed by atoms with Crippen LogP contribution in [0.2, 0.25) is 10.0 Å². The topological polar surface area (TPSA) is 76.4 Å². The number of nitriles is 1. The van der Waals surface area contributed by atoms with Crippen LogP contribution in [0.5, 0.6) is 11.5 Å². The average Bonchev–Trinajstić information content (AvgIpc) is 2.61. The number of ether oxygens (including phenoxy) is 2. The molecule has 0 unspecified atom stereocenters. The molecule has 0 aromatic heterocycles. The Labute approximate surface area is 162 Å². The van der Waals surface area contributed by atoms with Gasteiger partial charge in [-0.2, -0.15) is 5.26 Å². The summed E-state index contributed by atoms with van der Waals surface area (Å²) < 4.78 is 35.6. The number of methoxy groups -OCH3 is 2. The van der Waals surface area contributed by atoms with E-state index < -0.39 is 20.5 Å². The molecule has 0 radical (unpaired) electrons. The Balaban J connectivity index is 2.43. The molecule has 2 aromatic carbocycles. The fourth-order valence-electron chi connectivity index (χ4n) is 2.19. The summed E-state index contributed by atoms with van der Waals surface area (Å²) in [5, 5.41) is 9.98. The van der Waals surface area contributed by atoms with Crippen molar-refractivity contribution in [2.75, 3.05) is 14.2 Å². The van der Waals surface area contributed by atoms with Crippen molar-refractivity contribution in [2.24, 2.45) is 0 Å². The highest BCUT2D eigenvalue weighted by atomic mass is 35.5. The van der Waals surface area contributed by atoms with Crippen LogP contribution in [0.3, 0.4) is 0 Å². The zero-order valence-electron chi connectivity index (χ0n) is 14.0. The van der Waals surface area contributed by atoms with Gasteiger partial charge < -0.3 is 9.47 Å². The molecule has 136 valence electrons. The summed E-state index contributed by atoms with van der Waals surface area (Å²) in [6, 6.07) is 11.1. The van der Waals surface area contributed by atoms with Crippen molar-refractivity contribution in [1.82, 2.24) is 0 Å². The minimum absolute atomic E-state index is 0.223. The molecule has 2 rings (SSSR count). The van der Waals surface area contributed by atoms with Crippen molar-refractivity contribution in [1.29, 1.82) is 5.26 Å². The summed E-state index contributed by atoms with van der Waals surface area (Å²) in [6.45, 7) is 0. The van der Waals surface area contributed by atoms with Crippen LogP contribution in [0.4, 0.5) is 0 Å². The predicted octanol–water partition coefficient (Wildman–Crippen LogP) is 4.49. The summed E-state index contributed by atoms with van der Waals surface area (Å²) >= 11 is 11.9. The van der Waals surface area contributed by atoms with Gasteiger partial charge in [0.05, 0.1) is 20.0 Å². The minimum Gasteiger partial charge on any atom is -0.497 e. The molecule has 0 aliphatic carbocycles. The van der Waals surface area contributed by atoms with Crippen LogP contribution in [0.1, 0.15) is 11.1 Å². The van der Waals surface area contributed by atoms with Crippen LogP contribution in [0.15, 0.2) is 41.3 Å². The molecule has 0 fully saturated rings. The Bertz CT molecular complexity index is 995. The number of hydrogen-bond acceptors (Lipinski definition) is 5. The Morgan fingerprint density at radius 2 is 1.88 bits per heavy atom. The van der Waals surface area contributed by atoms with Gasteiger partial charge in [-0.1, -0.05) is 29.3 Å². The molecular formula is C18H15Cl2NO4S. The van der Waals surface area contributed by atoms with Gasteiger partial charge in [0, 0.05) is 21.7 Å². The molecule has 0 amide bonds. The fraction of sp³-hybridized carbons (Fsp3) is 0.167. The molecule has 0 N–H and O–H groups in total. The van der Waals surface area contributed by atoms with Crippen molar-refractivity contribution in [3.63, 3.8) is 0 Å². The molecule has 0 aliphatic heterocycles. The first kappa shape index (κ1) is 20.1. The summed E-state index contributed by atoms with van der Waals surface area (Å²) in [5.74, 6) is 0.520. The zero-order valence-corrected chi connectivity index (χ0v) is 16.3. The quantitative estimate of drug-likeness (QED) is 0.654. The van der Waals surface area contributed by atoms with E-state index in [9.17, 15) is 13.7 Å². The predicted molar refractivity (Wildman–Crippen MR) is 102 cm³/mol. The molecule has 0 saturated heterocycles. The summed E-state index contributed by atoms with van der Waals surface area (Å²) in [4.78, 5) is -0.396. The van der Waals surface area contributed by atoms with Crippen LogP contribution >= 0.6 is 23.2 Å². The van der Waals surface area contributed by atoms with Crippen LogP contribution in [0.25, 0.3) is 6.08 Å². The highest BCUT2D eigenvalue weighted by Gasteiger charge is 2.21. The summed E-state index contributed by atoms with van der Waals surface area (Å²) in [7, 11) is -0.964. The minimum atomic E-state index is -3.91. The van der Waals surface area contributed by atoms with E-state index in [2.05, 4.69) is 0 Å².